The Morgan fingerprint density at radius 3 is 2.48 bits per heavy atom. The zero-order valence-electron chi connectivity index (χ0n) is 11.3. The van der Waals surface area contributed by atoms with Gasteiger partial charge in [-0.25, -0.2) is 0 Å². The summed E-state index contributed by atoms with van der Waals surface area (Å²) in [6.45, 7) is 0. The fraction of sp³-hybridized carbons (Fsp3) is 0.250. The Morgan fingerprint density at radius 1 is 1.19 bits per heavy atom. The van der Waals surface area contributed by atoms with Gasteiger partial charge in [0.25, 0.3) is 5.69 Å². The number of nitrogens with one attached hydrogen (secondary N) is 1. The van der Waals surface area contributed by atoms with E-state index in [1.807, 2.05) is 18.2 Å². The summed E-state index contributed by atoms with van der Waals surface area (Å²) in [5, 5.41) is 14.3. The SMILES string of the molecule is O=[N+]([O-])c1ccc(NC(c2ccccc2)C2CC2)c(Br)c1. The summed E-state index contributed by atoms with van der Waals surface area (Å²) in [4.78, 5) is 10.4. The molecule has 0 saturated heterocycles. The van der Waals surface area contributed by atoms with Gasteiger partial charge in [0.2, 0.25) is 0 Å². The monoisotopic (exact) mass is 346 g/mol. The first-order chi connectivity index (χ1) is 10.1. The molecule has 0 spiro atoms. The molecule has 0 aromatic heterocycles. The van der Waals surface area contributed by atoms with Crippen molar-refractivity contribution in [3.8, 4) is 0 Å². The minimum absolute atomic E-state index is 0.0927. The summed E-state index contributed by atoms with van der Waals surface area (Å²) in [6, 6.07) is 15.4. The van der Waals surface area contributed by atoms with Crippen LogP contribution in [-0.2, 0) is 0 Å². The number of benzene rings is 2. The van der Waals surface area contributed by atoms with Crippen molar-refractivity contribution < 1.29 is 4.92 Å². The number of halogens is 1. The number of nitrogens with zero attached hydrogens (tertiary/aromatic N) is 1. The van der Waals surface area contributed by atoms with Crippen molar-refractivity contribution >= 4 is 27.3 Å². The Hall–Kier alpha value is -1.88. The summed E-state index contributed by atoms with van der Waals surface area (Å²) < 4.78 is 0.721. The smallest absolute Gasteiger partial charge is 0.270 e. The summed E-state index contributed by atoms with van der Waals surface area (Å²) in [7, 11) is 0. The molecule has 1 N–H and O–H groups in total. The van der Waals surface area contributed by atoms with E-state index in [2.05, 4.69) is 33.4 Å². The Bertz CT molecular complexity index is 657. The summed E-state index contributed by atoms with van der Waals surface area (Å²) in [6.07, 6.45) is 2.44. The summed E-state index contributed by atoms with van der Waals surface area (Å²) >= 11 is 3.42. The van der Waals surface area contributed by atoms with Gasteiger partial charge in [-0.2, -0.15) is 0 Å². The zero-order valence-corrected chi connectivity index (χ0v) is 12.9. The molecule has 1 aliphatic carbocycles. The predicted molar refractivity (Wildman–Crippen MR) is 86.3 cm³/mol. The summed E-state index contributed by atoms with van der Waals surface area (Å²) in [5.74, 6) is 0.634. The number of non-ortho nitro benzene ring substituents is 1. The molecule has 5 heteroatoms. The van der Waals surface area contributed by atoms with Gasteiger partial charge in [-0.05, 0) is 46.3 Å². The van der Waals surface area contributed by atoms with Gasteiger partial charge in [0.1, 0.15) is 0 Å². The Balaban J connectivity index is 1.85. The molecule has 0 heterocycles. The first-order valence-electron chi connectivity index (χ1n) is 6.90. The Labute approximate surface area is 131 Å². The van der Waals surface area contributed by atoms with E-state index in [1.165, 1.54) is 30.5 Å². The van der Waals surface area contributed by atoms with Gasteiger partial charge >= 0.3 is 0 Å². The minimum atomic E-state index is -0.385. The molecule has 1 saturated carbocycles. The van der Waals surface area contributed by atoms with E-state index in [9.17, 15) is 10.1 Å². The van der Waals surface area contributed by atoms with Crippen LogP contribution in [0.25, 0.3) is 0 Å². The van der Waals surface area contributed by atoms with Crippen LogP contribution in [0.5, 0.6) is 0 Å². The van der Waals surface area contributed by atoms with Crippen molar-refractivity contribution in [2.45, 2.75) is 18.9 Å². The number of anilines is 1. The van der Waals surface area contributed by atoms with Crippen molar-refractivity contribution in [2.75, 3.05) is 5.32 Å². The van der Waals surface area contributed by atoms with Crippen LogP contribution in [0.2, 0.25) is 0 Å². The van der Waals surface area contributed by atoms with Crippen molar-refractivity contribution in [1.29, 1.82) is 0 Å². The van der Waals surface area contributed by atoms with Crippen molar-refractivity contribution in [3.63, 3.8) is 0 Å². The van der Waals surface area contributed by atoms with Crippen LogP contribution in [-0.4, -0.2) is 4.92 Å². The molecule has 3 rings (SSSR count). The number of hydrogen-bond acceptors (Lipinski definition) is 3. The lowest BCUT2D eigenvalue weighted by Gasteiger charge is -2.21. The highest BCUT2D eigenvalue weighted by atomic mass is 79.9. The first-order valence-corrected chi connectivity index (χ1v) is 7.70. The van der Waals surface area contributed by atoms with Crippen LogP contribution in [0.15, 0.2) is 53.0 Å². The molecule has 4 nitrogen and oxygen atoms in total. The van der Waals surface area contributed by atoms with E-state index in [1.54, 1.807) is 6.07 Å². The lowest BCUT2D eigenvalue weighted by Crippen LogP contribution is -2.13. The average Bonchev–Trinajstić information content (AvgIpc) is 3.31. The highest BCUT2D eigenvalue weighted by Gasteiger charge is 2.32. The van der Waals surface area contributed by atoms with E-state index in [4.69, 9.17) is 0 Å². The normalized spacial score (nSPS) is 15.5. The second kappa shape index (κ2) is 5.85. The summed E-state index contributed by atoms with van der Waals surface area (Å²) in [5.41, 5.74) is 2.24. The van der Waals surface area contributed by atoms with E-state index < -0.39 is 0 Å². The lowest BCUT2D eigenvalue weighted by atomic mass is 10.0. The molecule has 0 amide bonds. The quantitative estimate of drug-likeness (QED) is 0.617. The van der Waals surface area contributed by atoms with Gasteiger partial charge in [-0.3, -0.25) is 10.1 Å². The molecule has 0 radical (unpaired) electrons. The average molecular weight is 347 g/mol. The van der Waals surface area contributed by atoms with E-state index >= 15 is 0 Å². The molecule has 1 unspecified atom stereocenters. The molecule has 2 aromatic rings. The van der Waals surface area contributed by atoms with Crippen LogP contribution in [0.1, 0.15) is 24.4 Å². The number of nitro benzene ring substituents is 1. The topological polar surface area (TPSA) is 55.2 Å². The predicted octanol–water partition coefficient (Wildman–Crippen LogP) is 4.92. The standard InChI is InChI=1S/C16H15BrN2O2/c17-14-10-13(19(20)21)8-9-15(14)18-16(12-6-7-12)11-4-2-1-3-5-11/h1-5,8-10,12,16,18H,6-7H2. The molecular formula is C16H15BrN2O2. The largest absolute Gasteiger partial charge is 0.377 e. The first kappa shape index (κ1) is 14.1. The fourth-order valence-corrected chi connectivity index (χ4v) is 2.95. The van der Waals surface area contributed by atoms with Gasteiger partial charge in [0.05, 0.1) is 11.0 Å². The number of nitro groups is 1. The van der Waals surface area contributed by atoms with Gasteiger partial charge in [-0.15, -0.1) is 0 Å². The fourth-order valence-electron chi connectivity index (χ4n) is 2.47. The second-order valence-corrected chi connectivity index (χ2v) is 6.15. The molecule has 0 aliphatic heterocycles. The molecule has 0 bridgehead atoms. The highest BCUT2D eigenvalue weighted by molar-refractivity contribution is 9.10. The highest BCUT2D eigenvalue weighted by Crippen LogP contribution is 2.43. The number of rotatable bonds is 5. The van der Waals surface area contributed by atoms with Crippen LogP contribution in [0.4, 0.5) is 11.4 Å². The van der Waals surface area contributed by atoms with Crippen LogP contribution in [0.3, 0.4) is 0 Å². The Morgan fingerprint density at radius 2 is 1.90 bits per heavy atom. The third-order valence-electron chi connectivity index (χ3n) is 3.73. The number of hydrogen-bond donors (Lipinski definition) is 1. The van der Waals surface area contributed by atoms with Crippen molar-refractivity contribution in [1.82, 2.24) is 0 Å². The van der Waals surface area contributed by atoms with Crippen molar-refractivity contribution in [3.05, 3.63) is 68.7 Å². The maximum absolute atomic E-state index is 10.8. The van der Waals surface area contributed by atoms with Gasteiger partial charge in [0, 0.05) is 22.3 Å². The maximum Gasteiger partial charge on any atom is 0.270 e. The molecular weight excluding hydrogens is 332 g/mol. The molecule has 1 atom stereocenters. The van der Waals surface area contributed by atoms with Crippen LogP contribution < -0.4 is 5.32 Å². The third kappa shape index (κ3) is 3.24. The molecule has 108 valence electrons. The van der Waals surface area contributed by atoms with Crippen molar-refractivity contribution in [2.24, 2.45) is 5.92 Å². The minimum Gasteiger partial charge on any atom is -0.377 e. The van der Waals surface area contributed by atoms with Gasteiger partial charge in [0.15, 0.2) is 0 Å². The lowest BCUT2D eigenvalue weighted by molar-refractivity contribution is -0.384. The maximum atomic E-state index is 10.8. The Kier molecular flexibility index (Phi) is 3.92. The molecule has 1 fully saturated rings. The molecule has 21 heavy (non-hydrogen) atoms. The van der Waals surface area contributed by atoms with E-state index in [0.717, 1.165) is 10.2 Å². The van der Waals surface area contributed by atoms with Gasteiger partial charge < -0.3 is 5.32 Å². The van der Waals surface area contributed by atoms with Crippen LogP contribution >= 0.6 is 15.9 Å². The van der Waals surface area contributed by atoms with E-state index in [-0.39, 0.29) is 16.7 Å². The van der Waals surface area contributed by atoms with Gasteiger partial charge in [-0.1, -0.05) is 30.3 Å². The van der Waals surface area contributed by atoms with E-state index in [0.29, 0.717) is 5.92 Å². The second-order valence-electron chi connectivity index (χ2n) is 5.29. The van der Waals surface area contributed by atoms with Crippen LogP contribution in [0, 0.1) is 16.0 Å². The molecule has 2 aromatic carbocycles. The molecule has 1 aliphatic rings. The third-order valence-corrected chi connectivity index (χ3v) is 4.38. The zero-order chi connectivity index (χ0) is 14.8.